The highest BCUT2D eigenvalue weighted by atomic mass is 32.1. The maximum absolute atomic E-state index is 5.95. The summed E-state index contributed by atoms with van der Waals surface area (Å²) in [6, 6.07) is 6.33. The summed E-state index contributed by atoms with van der Waals surface area (Å²) < 4.78 is 5.95. The Morgan fingerprint density at radius 2 is 2.25 bits per heavy atom. The molecule has 4 heteroatoms. The molecule has 1 aromatic heterocycles. The molecule has 1 N–H and O–H groups in total. The van der Waals surface area contributed by atoms with Crippen molar-refractivity contribution >= 4 is 17.0 Å². The summed E-state index contributed by atoms with van der Waals surface area (Å²) in [5.74, 6) is 0.954. The fourth-order valence-corrected chi connectivity index (χ4v) is 3.36. The molecule has 1 aliphatic heterocycles. The summed E-state index contributed by atoms with van der Waals surface area (Å²) in [7, 11) is 0. The summed E-state index contributed by atoms with van der Waals surface area (Å²) in [6.07, 6.45) is 2.30. The van der Waals surface area contributed by atoms with Crippen molar-refractivity contribution in [1.29, 1.82) is 0 Å². The largest absolute Gasteiger partial charge is 0.486 e. The Morgan fingerprint density at radius 1 is 1.40 bits per heavy atom. The molecule has 0 saturated carbocycles. The number of nitrogens with one attached hydrogen (secondary N) is 1. The molecule has 1 aliphatic rings. The lowest BCUT2D eigenvalue weighted by atomic mass is 10.1. The number of aryl methyl sites for hydroxylation is 2. The molecule has 0 saturated heterocycles. The van der Waals surface area contributed by atoms with Crippen molar-refractivity contribution in [3.63, 3.8) is 0 Å². The van der Waals surface area contributed by atoms with Gasteiger partial charge >= 0.3 is 0 Å². The number of ether oxygens (including phenoxy) is 1. The summed E-state index contributed by atoms with van der Waals surface area (Å²) >= 11 is 1.79. The molecule has 0 amide bonds. The molecule has 3 rings (SSSR count). The highest BCUT2D eigenvalue weighted by Crippen LogP contribution is 2.36. The summed E-state index contributed by atoms with van der Waals surface area (Å²) in [6.45, 7) is 7.32. The first-order valence-electron chi connectivity index (χ1n) is 7.22. The molecule has 2 heterocycles. The Labute approximate surface area is 124 Å². The molecule has 0 bridgehead atoms. The van der Waals surface area contributed by atoms with E-state index in [0.717, 1.165) is 36.5 Å². The van der Waals surface area contributed by atoms with E-state index in [1.807, 2.05) is 0 Å². The van der Waals surface area contributed by atoms with E-state index in [-0.39, 0.29) is 6.10 Å². The highest BCUT2D eigenvalue weighted by Gasteiger charge is 2.19. The smallest absolute Gasteiger partial charge is 0.142 e. The van der Waals surface area contributed by atoms with Crippen LogP contribution in [0, 0.1) is 6.92 Å². The van der Waals surface area contributed by atoms with Gasteiger partial charge in [0.05, 0.1) is 22.9 Å². The lowest BCUT2D eigenvalue weighted by Gasteiger charge is -2.26. The van der Waals surface area contributed by atoms with Gasteiger partial charge in [0.1, 0.15) is 11.9 Å². The van der Waals surface area contributed by atoms with E-state index in [0.29, 0.717) is 0 Å². The van der Waals surface area contributed by atoms with Crippen LogP contribution in [0.25, 0.3) is 11.3 Å². The molecule has 0 fully saturated rings. The van der Waals surface area contributed by atoms with Gasteiger partial charge in [-0.05, 0) is 38.0 Å². The lowest BCUT2D eigenvalue weighted by molar-refractivity contribution is 0.202. The Morgan fingerprint density at radius 3 is 2.95 bits per heavy atom. The number of thiazole rings is 1. The molecule has 3 nitrogen and oxygen atoms in total. The number of nitrogens with zero attached hydrogens (tertiary/aromatic N) is 1. The van der Waals surface area contributed by atoms with Gasteiger partial charge in [-0.25, -0.2) is 4.98 Å². The summed E-state index contributed by atoms with van der Waals surface area (Å²) in [5, 5.41) is 4.66. The molecular weight excluding hydrogens is 268 g/mol. The van der Waals surface area contributed by atoms with Crippen LogP contribution < -0.4 is 10.1 Å². The van der Waals surface area contributed by atoms with E-state index < -0.39 is 0 Å². The van der Waals surface area contributed by atoms with Crippen LogP contribution in [-0.4, -0.2) is 17.6 Å². The SMILES string of the molecule is CCc1nc(-c2ccc3c(c2)NCC(CC)O3)c(C)s1. The normalized spacial score (nSPS) is 17.2. The zero-order valence-corrected chi connectivity index (χ0v) is 13.0. The van der Waals surface area contributed by atoms with Crippen molar-refractivity contribution in [3.8, 4) is 17.0 Å². The molecular formula is C16H20N2OS. The van der Waals surface area contributed by atoms with Crippen LogP contribution in [0.15, 0.2) is 18.2 Å². The van der Waals surface area contributed by atoms with Crippen LogP contribution >= 0.6 is 11.3 Å². The number of rotatable bonds is 3. The van der Waals surface area contributed by atoms with Crippen LogP contribution in [-0.2, 0) is 6.42 Å². The number of fused-ring (bicyclic) bond motifs is 1. The second kappa shape index (κ2) is 5.44. The molecule has 1 unspecified atom stereocenters. The third kappa shape index (κ3) is 2.40. The van der Waals surface area contributed by atoms with Crippen molar-refractivity contribution in [2.75, 3.05) is 11.9 Å². The van der Waals surface area contributed by atoms with Crippen molar-refractivity contribution in [1.82, 2.24) is 4.98 Å². The minimum atomic E-state index is 0.279. The molecule has 20 heavy (non-hydrogen) atoms. The van der Waals surface area contributed by atoms with Crippen molar-refractivity contribution in [2.45, 2.75) is 39.7 Å². The summed E-state index contributed by atoms with van der Waals surface area (Å²) in [5.41, 5.74) is 3.36. The van der Waals surface area contributed by atoms with Gasteiger partial charge in [-0.2, -0.15) is 0 Å². The van der Waals surface area contributed by atoms with E-state index in [1.54, 1.807) is 11.3 Å². The average molecular weight is 288 g/mol. The van der Waals surface area contributed by atoms with Gasteiger partial charge in [-0.15, -0.1) is 11.3 Å². The first-order valence-corrected chi connectivity index (χ1v) is 8.04. The maximum Gasteiger partial charge on any atom is 0.142 e. The molecule has 2 aromatic rings. The monoisotopic (exact) mass is 288 g/mol. The molecule has 1 atom stereocenters. The predicted molar refractivity (Wildman–Crippen MR) is 84.9 cm³/mol. The Hall–Kier alpha value is -1.55. The van der Waals surface area contributed by atoms with Gasteiger partial charge in [0.25, 0.3) is 0 Å². The van der Waals surface area contributed by atoms with Crippen LogP contribution in [0.2, 0.25) is 0 Å². The molecule has 0 aliphatic carbocycles. The second-order valence-corrected chi connectivity index (χ2v) is 6.39. The number of aromatic nitrogens is 1. The Balaban J connectivity index is 1.94. The minimum absolute atomic E-state index is 0.279. The molecule has 0 spiro atoms. The van der Waals surface area contributed by atoms with Gasteiger partial charge in [0, 0.05) is 10.4 Å². The lowest BCUT2D eigenvalue weighted by Crippen LogP contribution is -2.29. The molecule has 106 valence electrons. The second-order valence-electron chi connectivity index (χ2n) is 5.11. The highest BCUT2D eigenvalue weighted by molar-refractivity contribution is 7.12. The van der Waals surface area contributed by atoms with Gasteiger partial charge < -0.3 is 10.1 Å². The van der Waals surface area contributed by atoms with Crippen molar-refractivity contribution in [2.24, 2.45) is 0 Å². The number of hydrogen-bond acceptors (Lipinski definition) is 4. The van der Waals surface area contributed by atoms with Crippen LogP contribution in [0.3, 0.4) is 0 Å². The van der Waals surface area contributed by atoms with Gasteiger partial charge in [0.15, 0.2) is 0 Å². The van der Waals surface area contributed by atoms with E-state index >= 15 is 0 Å². The van der Waals surface area contributed by atoms with E-state index in [2.05, 4.69) is 44.3 Å². The zero-order valence-electron chi connectivity index (χ0n) is 12.2. The quantitative estimate of drug-likeness (QED) is 0.916. The number of anilines is 1. The van der Waals surface area contributed by atoms with Gasteiger partial charge in [-0.1, -0.05) is 13.8 Å². The minimum Gasteiger partial charge on any atom is -0.486 e. The first-order chi connectivity index (χ1) is 9.71. The maximum atomic E-state index is 5.95. The standard InChI is InChI=1S/C16H20N2OS/c1-4-12-9-17-13-8-11(6-7-14(13)19-12)16-10(3)20-15(5-2)18-16/h6-8,12,17H,4-5,9H2,1-3H3. The summed E-state index contributed by atoms with van der Waals surface area (Å²) in [4.78, 5) is 6.01. The molecule has 0 radical (unpaired) electrons. The fraction of sp³-hybridized carbons (Fsp3) is 0.438. The average Bonchev–Trinajstić information content (AvgIpc) is 2.87. The Kier molecular flexibility index (Phi) is 3.66. The van der Waals surface area contributed by atoms with Crippen LogP contribution in [0.4, 0.5) is 5.69 Å². The number of hydrogen-bond donors (Lipinski definition) is 1. The van der Waals surface area contributed by atoms with Gasteiger partial charge in [-0.3, -0.25) is 0 Å². The van der Waals surface area contributed by atoms with Crippen molar-refractivity contribution in [3.05, 3.63) is 28.1 Å². The third-order valence-corrected chi connectivity index (χ3v) is 4.78. The van der Waals surface area contributed by atoms with Crippen molar-refractivity contribution < 1.29 is 4.74 Å². The van der Waals surface area contributed by atoms with E-state index in [4.69, 9.17) is 9.72 Å². The van der Waals surface area contributed by atoms with Gasteiger partial charge in [0.2, 0.25) is 0 Å². The Bertz CT molecular complexity index is 621. The predicted octanol–water partition coefficient (Wildman–Crippen LogP) is 4.26. The fourth-order valence-electron chi connectivity index (χ4n) is 2.46. The topological polar surface area (TPSA) is 34.2 Å². The van der Waals surface area contributed by atoms with Crippen LogP contribution in [0.5, 0.6) is 5.75 Å². The first kappa shape index (κ1) is 13.4. The molecule has 1 aromatic carbocycles. The third-order valence-electron chi connectivity index (χ3n) is 3.67. The van der Waals surface area contributed by atoms with E-state index in [1.165, 1.54) is 15.4 Å². The zero-order chi connectivity index (χ0) is 14.1. The van der Waals surface area contributed by atoms with Crippen LogP contribution in [0.1, 0.15) is 30.2 Å². The number of benzene rings is 1. The van der Waals surface area contributed by atoms with E-state index in [9.17, 15) is 0 Å².